The van der Waals surface area contributed by atoms with Gasteiger partial charge >= 0.3 is 0 Å². The topological polar surface area (TPSA) is 214 Å². The van der Waals surface area contributed by atoms with E-state index in [2.05, 4.69) is 59.7 Å². The number of hydrogen-bond donors (Lipinski definition) is 3. The molecule has 0 radical (unpaired) electrons. The number of ether oxygens (including phenoxy) is 1. The Morgan fingerprint density at radius 1 is 0.828 bits per heavy atom. The molecule has 64 heavy (non-hydrogen) atoms. The number of amides is 5. The van der Waals surface area contributed by atoms with E-state index < -0.39 is 29.7 Å². The highest BCUT2D eigenvalue weighted by atomic mass is 16.5. The molecular weight excluding hydrogens is 817 g/mol. The molecule has 5 aromatic rings. The molecule has 0 bridgehead atoms. The van der Waals surface area contributed by atoms with Crippen molar-refractivity contribution in [3.8, 4) is 17.1 Å². The predicted molar refractivity (Wildman–Crippen MR) is 238 cm³/mol. The molecule has 0 aliphatic carbocycles. The lowest BCUT2D eigenvalue weighted by molar-refractivity contribution is -0.136. The second-order valence-electron chi connectivity index (χ2n) is 16.8. The normalized spacial score (nSPS) is 18.4. The molecular formula is C46H52N12O6. The second kappa shape index (κ2) is 18.8. The van der Waals surface area contributed by atoms with Gasteiger partial charge in [0.15, 0.2) is 11.5 Å². The average molecular weight is 869 g/mol. The molecule has 332 valence electrons. The minimum absolute atomic E-state index is 0.0742. The maximum absolute atomic E-state index is 13.1. The fraction of sp³-hybridized carbons (Fsp3) is 0.413. The second-order valence-corrected chi connectivity index (χ2v) is 16.8. The molecule has 3 aromatic heterocycles. The number of fused-ring (bicyclic) bond motifs is 2. The number of imidazole rings is 1. The molecule has 1 atom stereocenters. The number of rotatable bonds is 15. The van der Waals surface area contributed by atoms with Crippen LogP contribution >= 0.6 is 0 Å². The van der Waals surface area contributed by atoms with Crippen molar-refractivity contribution >= 4 is 58.2 Å². The molecule has 3 fully saturated rings. The zero-order valence-corrected chi connectivity index (χ0v) is 35.7. The molecule has 1 unspecified atom stereocenters. The molecule has 4 aliphatic heterocycles. The van der Waals surface area contributed by atoms with Gasteiger partial charge in [-0.2, -0.15) is 0 Å². The first-order chi connectivity index (χ1) is 31.2. The van der Waals surface area contributed by atoms with Gasteiger partial charge in [-0.3, -0.25) is 44.1 Å². The number of nitrogens with zero attached hydrogens (tertiary/aromatic N) is 9. The molecule has 18 nitrogen and oxygen atoms in total. The van der Waals surface area contributed by atoms with Gasteiger partial charge in [-0.1, -0.05) is 19.3 Å². The van der Waals surface area contributed by atoms with Gasteiger partial charge in [-0.15, -0.1) is 0 Å². The van der Waals surface area contributed by atoms with Crippen LogP contribution in [0.3, 0.4) is 0 Å². The molecule has 2 aromatic carbocycles. The molecule has 4 N–H and O–H groups in total. The third kappa shape index (κ3) is 9.22. The highest BCUT2D eigenvalue weighted by Crippen LogP contribution is 2.31. The van der Waals surface area contributed by atoms with Crippen LogP contribution in [0.2, 0.25) is 0 Å². The summed E-state index contributed by atoms with van der Waals surface area (Å²) in [6, 6.07) is 12.7. The Hall–Kier alpha value is -6.95. The van der Waals surface area contributed by atoms with Crippen molar-refractivity contribution in [1.29, 1.82) is 0 Å². The van der Waals surface area contributed by atoms with E-state index in [4.69, 9.17) is 15.5 Å². The first kappa shape index (κ1) is 42.4. The standard InChI is InChI=1S/C46H52N12O6/c47-39-28-48-27-36(51-39)37-29-57-20-17-49-43(57)42(52-37)50-30-7-9-31(10-8-30)54-21-23-55(24-22-54)32-15-18-56(19-16-32)41(60)6-4-2-1-3-5-25-64-33-11-12-34-35(26-33)46(63)58(45(34)62)38-13-14-40(59)53-44(38)61/h7-12,17,20,26-29,32,38H,1-6,13-16,18-19,21-25H2,(H2,47,51)(H,50,52)(H,53,59,61). The van der Waals surface area contributed by atoms with Crippen LogP contribution in [0.5, 0.6) is 5.75 Å². The number of piperazine rings is 1. The number of carbonyl (C=O) groups is 5. The van der Waals surface area contributed by atoms with Gasteiger partial charge in [-0.25, -0.2) is 15.0 Å². The number of unbranched alkanes of at least 4 members (excludes halogenated alkanes) is 4. The number of benzene rings is 2. The van der Waals surface area contributed by atoms with E-state index in [1.165, 1.54) is 11.9 Å². The van der Waals surface area contributed by atoms with Gasteiger partial charge in [-0.05, 0) is 74.6 Å². The highest BCUT2D eigenvalue weighted by molar-refractivity contribution is 6.23. The Labute approximate surface area is 370 Å². The SMILES string of the molecule is Nc1cncc(-c2cn3ccnc3c(Nc3ccc(N4CCN(C5CCN(C(=O)CCCCCCCOc6ccc7c(c6)C(=O)N(C6CCC(=O)NC6=O)C7=O)CC5)CC4)cc3)n2)n1. The molecule has 5 amide bonds. The molecule has 7 heterocycles. The summed E-state index contributed by atoms with van der Waals surface area (Å²) in [5.41, 5.74) is 10.3. The van der Waals surface area contributed by atoms with Crippen LogP contribution in [-0.2, 0) is 14.4 Å². The van der Waals surface area contributed by atoms with E-state index in [1.54, 1.807) is 30.6 Å². The van der Waals surface area contributed by atoms with E-state index in [0.717, 1.165) is 94.8 Å². The van der Waals surface area contributed by atoms with Gasteiger partial charge in [0.25, 0.3) is 11.8 Å². The van der Waals surface area contributed by atoms with Crippen molar-refractivity contribution in [3.63, 3.8) is 0 Å². The van der Waals surface area contributed by atoms with Crippen LogP contribution in [0.15, 0.2) is 73.4 Å². The summed E-state index contributed by atoms with van der Waals surface area (Å²) in [6.07, 6.45) is 16.0. The molecule has 4 aliphatic rings. The number of hydrogen-bond acceptors (Lipinski definition) is 14. The number of likely N-dealkylation sites (tertiary alicyclic amines) is 1. The van der Waals surface area contributed by atoms with Crippen LogP contribution < -0.4 is 26.0 Å². The number of nitrogen functional groups attached to an aromatic ring is 1. The fourth-order valence-electron chi connectivity index (χ4n) is 9.16. The fourth-order valence-corrected chi connectivity index (χ4v) is 9.16. The Balaban J connectivity index is 0.647. The summed E-state index contributed by atoms with van der Waals surface area (Å²) in [5.74, 6) is -0.457. The highest BCUT2D eigenvalue weighted by Gasteiger charge is 2.44. The van der Waals surface area contributed by atoms with Gasteiger partial charge in [0, 0.05) is 88.1 Å². The molecule has 0 saturated carbocycles. The Bertz CT molecular complexity index is 2550. The van der Waals surface area contributed by atoms with Gasteiger partial charge in [0.05, 0.1) is 30.1 Å². The Morgan fingerprint density at radius 3 is 2.38 bits per heavy atom. The number of nitrogens with two attached hydrogens (primary N) is 1. The van der Waals surface area contributed by atoms with Crippen LogP contribution in [0, 0.1) is 0 Å². The Kier molecular flexibility index (Phi) is 12.4. The van der Waals surface area contributed by atoms with Crippen LogP contribution in [0.4, 0.5) is 23.0 Å². The zero-order chi connectivity index (χ0) is 44.2. The van der Waals surface area contributed by atoms with Crippen molar-refractivity contribution in [2.45, 2.75) is 76.3 Å². The molecule has 9 rings (SSSR count). The first-order valence-electron chi connectivity index (χ1n) is 22.2. The predicted octanol–water partition coefficient (Wildman–Crippen LogP) is 4.45. The van der Waals surface area contributed by atoms with Crippen molar-refractivity contribution in [2.75, 3.05) is 61.8 Å². The van der Waals surface area contributed by atoms with Gasteiger partial charge < -0.3 is 30.0 Å². The lowest BCUT2D eigenvalue weighted by Gasteiger charge is -2.43. The summed E-state index contributed by atoms with van der Waals surface area (Å²) in [7, 11) is 0. The van der Waals surface area contributed by atoms with E-state index in [0.29, 0.717) is 53.5 Å². The number of carbonyl (C=O) groups excluding carboxylic acids is 5. The van der Waals surface area contributed by atoms with E-state index >= 15 is 0 Å². The summed E-state index contributed by atoms with van der Waals surface area (Å²) in [6.45, 7) is 5.95. The van der Waals surface area contributed by atoms with Gasteiger partial charge in [0.2, 0.25) is 17.7 Å². The summed E-state index contributed by atoms with van der Waals surface area (Å²) in [5, 5.41) is 5.64. The smallest absolute Gasteiger partial charge is 0.262 e. The van der Waals surface area contributed by atoms with E-state index in [9.17, 15) is 24.0 Å². The zero-order valence-electron chi connectivity index (χ0n) is 35.7. The van der Waals surface area contributed by atoms with Crippen molar-refractivity contribution < 1.29 is 28.7 Å². The summed E-state index contributed by atoms with van der Waals surface area (Å²) < 4.78 is 7.79. The third-order valence-electron chi connectivity index (χ3n) is 12.6. The number of nitrogens with one attached hydrogen (secondary N) is 2. The van der Waals surface area contributed by atoms with E-state index in [1.807, 2.05) is 21.7 Å². The number of aromatic nitrogens is 5. The quantitative estimate of drug-likeness (QED) is 0.0981. The maximum Gasteiger partial charge on any atom is 0.262 e. The molecule has 0 spiro atoms. The first-order valence-corrected chi connectivity index (χ1v) is 22.2. The van der Waals surface area contributed by atoms with Crippen molar-refractivity contribution in [3.05, 3.63) is 84.6 Å². The molecule has 3 saturated heterocycles. The minimum atomic E-state index is -0.997. The van der Waals surface area contributed by atoms with Crippen LogP contribution in [0.1, 0.15) is 84.9 Å². The lowest BCUT2D eigenvalue weighted by Crippen LogP contribution is -2.54. The monoisotopic (exact) mass is 868 g/mol. The maximum atomic E-state index is 13.1. The number of anilines is 4. The van der Waals surface area contributed by atoms with Crippen molar-refractivity contribution in [2.24, 2.45) is 0 Å². The average Bonchev–Trinajstić information content (AvgIpc) is 3.89. The Morgan fingerprint density at radius 2 is 1.59 bits per heavy atom. The van der Waals surface area contributed by atoms with Crippen LogP contribution in [-0.4, -0.2) is 127 Å². The lowest BCUT2D eigenvalue weighted by atomic mass is 10.0. The number of piperidine rings is 2. The molecule has 18 heteroatoms. The minimum Gasteiger partial charge on any atom is -0.494 e. The van der Waals surface area contributed by atoms with Gasteiger partial charge in [0.1, 0.15) is 29.0 Å². The largest absolute Gasteiger partial charge is 0.494 e. The third-order valence-corrected chi connectivity index (χ3v) is 12.6. The summed E-state index contributed by atoms with van der Waals surface area (Å²) in [4.78, 5) is 88.8. The number of imide groups is 2. The van der Waals surface area contributed by atoms with E-state index in [-0.39, 0.29) is 29.9 Å². The summed E-state index contributed by atoms with van der Waals surface area (Å²) >= 11 is 0. The van der Waals surface area contributed by atoms with Crippen LogP contribution in [0.25, 0.3) is 17.0 Å². The van der Waals surface area contributed by atoms with Crippen molar-refractivity contribution in [1.82, 2.24) is 44.4 Å².